The van der Waals surface area contributed by atoms with Gasteiger partial charge >= 0.3 is 7.12 Å². The predicted molar refractivity (Wildman–Crippen MR) is 96.7 cm³/mol. The van der Waals surface area contributed by atoms with E-state index in [2.05, 4.69) is 79.4 Å². The van der Waals surface area contributed by atoms with Gasteiger partial charge in [-0.3, -0.25) is 0 Å². The molecule has 2 aliphatic rings. The molecule has 0 bridgehead atoms. The summed E-state index contributed by atoms with van der Waals surface area (Å²) in [5.74, 6) is 0. The lowest BCUT2D eigenvalue weighted by atomic mass is 9.66. The zero-order valence-electron chi connectivity index (χ0n) is 13.8. The van der Waals surface area contributed by atoms with Crippen LogP contribution in [-0.2, 0) is 9.31 Å². The number of rotatable bonds is 2. The third-order valence-corrected chi connectivity index (χ3v) is 5.75. The molecule has 3 rings (SSSR count). The van der Waals surface area contributed by atoms with E-state index in [1.54, 1.807) is 0 Å². The first-order valence-corrected chi connectivity index (χ1v) is 8.41. The van der Waals surface area contributed by atoms with E-state index in [1.165, 1.54) is 11.1 Å². The van der Waals surface area contributed by atoms with Gasteiger partial charge in [-0.05, 0) is 45.3 Å². The summed E-state index contributed by atoms with van der Waals surface area (Å²) in [6.07, 6.45) is 7.54. The summed E-state index contributed by atoms with van der Waals surface area (Å²) < 4.78 is 12.4. The average molecular weight is 314 g/mol. The molecule has 2 unspecified atom stereocenters. The Hall–Kier alpha value is -0.885. The van der Waals surface area contributed by atoms with Gasteiger partial charge < -0.3 is 9.31 Å². The topological polar surface area (TPSA) is 18.5 Å². The Morgan fingerprint density at radius 1 is 1.00 bits per heavy atom. The van der Waals surface area contributed by atoms with E-state index in [9.17, 15) is 0 Å². The minimum Gasteiger partial charge on any atom is -0.402 e. The van der Waals surface area contributed by atoms with Crippen molar-refractivity contribution >= 4 is 21.9 Å². The predicted octanol–water partition coefficient (Wildman–Crippen LogP) is 4.28. The van der Waals surface area contributed by atoms with Crippen LogP contribution in [-0.4, -0.2) is 23.4 Å². The summed E-state index contributed by atoms with van der Waals surface area (Å²) in [6.45, 7) is 8.38. The molecule has 0 N–H and O–H groups in total. The van der Waals surface area contributed by atoms with Crippen LogP contribution >= 0.6 is 9.24 Å². The van der Waals surface area contributed by atoms with Crippen LogP contribution < -0.4 is 0 Å². The van der Waals surface area contributed by atoms with E-state index in [-0.39, 0.29) is 23.4 Å². The average Bonchev–Trinajstić information content (AvgIpc) is 2.70. The largest absolute Gasteiger partial charge is 0.472 e. The zero-order valence-corrected chi connectivity index (χ0v) is 15.0. The number of benzene rings is 1. The zero-order chi connectivity index (χ0) is 16.0. The van der Waals surface area contributed by atoms with Gasteiger partial charge in [0, 0.05) is 5.06 Å². The molecule has 1 heterocycles. The molecule has 0 amide bonds. The standard InChI is InChI=1S/C18H24BO2P/c1-16(2)17(3,4)21-19(20-16)18(22)12-10-15(11-13-18)14-8-6-5-7-9-14/h5-12H,13,22H2,1-4H3. The summed E-state index contributed by atoms with van der Waals surface area (Å²) in [6, 6.07) is 10.5. The lowest BCUT2D eigenvalue weighted by molar-refractivity contribution is 0.00578. The van der Waals surface area contributed by atoms with Crippen LogP contribution in [0.4, 0.5) is 0 Å². The van der Waals surface area contributed by atoms with Gasteiger partial charge in [-0.25, -0.2) is 0 Å². The van der Waals surface area contributed by atoms with Crippen molar-refractivity contribution in [3.63, 3.8) is 0 Å². The Morgan fingerprint density at radius 3 is 2.09 bits per heavy atom. The maximum Gasteiger partial charge on any atom is 0.472 e. The first kappa shape index (κ1) is 16.0. The van der Waals surface area contributed by atoms with Gasteiger partial charge in [-0.15, -0.1) is 9.24 Å². The van der Waals surface area contributed by atoms with E-state index in [0.717, 1.165) is 6.42 Å². The fraction of sp³-hybridized carbons (Fsp3) is 0.444. The molecule has 1 aromatic carbocycles. The van der Waals surface area contributed by atoms with Gasteiger partial charge in [0.1, 0.15) is 0 Å². The molecule has 0 radical (unpaired) electrons. The quantitative estimate of drug-likeness (QED) is 0.599. The van der Waals surface area contributed by atoms with Crippen LogP contribution in [0.2, 0.25) is 0 Å². The van der Waals surface area contributed by atoms with Gasteiger partial charge in [0.25, 0.3) is 0 Å². The molecule has 2 atom stereocenters. The fourth-order valence-corrected chi connectivity index (χ4v) is 3.10. The highest BCUT2D eigenvalue weighted by atomic mass is 31.0. The maximum absolute atomic E-state index is 6.22. The molecule has 1 aromatic rings. The summed E-state index contributed by atoms with van der Waals surface area (Å²) in [5, 5.41) is -0.205. The SMILES string of the molecule is CC1(C)OB(C2(P)C=CC(c3ccccc3)=CC2)OC1(C)C. The molecule has 1 saturated heterocycles. The van der Waals surface area contributed by atoms with E-state index < -0.39 is 0 Å². The first-order valence-electron chi connectivity index (χ1n) is 7.83. The molecule has 0 saturated carbocycles. The molecular weight excluding hydrogens is 290 g/mol. The monoisotopic (exact) mass is 314 g/mol. The Bertz CT molecular complexity index is 605. The van der Waals surface area contributed by atoms with E-state index in [1.807, 2.05) is 6.07 Å². The molecule has 1 aliphatic heterocycles. The number of allylic oxidation sites excluding steroid dienone is 4. The second kappa shape index (κ2) is 5.34. The van der Waals surface area contributed by atoms with E-state index >= 15 is 0 Å². The first-order chi connectivity index (χ1) is 10.2. The second-order valence-electron chi connectivity index (χ2n) is 7.26. The number of hydrogen-bond donors (Lipinski definition) is 0. The van der Waals surface area contributed by atoms with Crippen molar-refractivity contribution in [3.8, 4) is 0 Å². The Balaban J connectivity index is 1.79. The molecule has 22 heavy (non-hydrogen) atoms. The van der Waals surface area contributed by atoms with Crippen molar-refractivity contribution in [1.29, 1.82) is 0 Å². The lowest BCUT2D eigenvalue weighted by Crippen LogP contribution is -2.42. The third-order valence-electron chi connectivity index (χ3n) is 5.05. The highest BCUT2D eigenvalue weighted by Gasteiger charge is 2.57. The molecular formula is C18H24BO2P. The Kier molecular flexibility index (Phi) is 3.88. The van der Waals surface area contributed by atoms with E-state index in [0.29, 0.717) is 0 Å². The smallest absolute Gasteiger partial charge is 0.402 e. The Morgan fingerprint density at radius 2 is 1.59 bits per heavy atom. The normalized spacial score (nSPS) is 29.5. The molecule has 116 valence electrons. The van der Waals surface area contributed by atoms with Crippen LogP contribution in [0, 0.1) is 0 Å². The molecule has 1 fully saturated rings. The van der Waals surface area contributed by atoms with Crippen molar-refractivity contribution in [2.24, 2.45) is 0 Å². The van der Waals surface area contributed by atoms with Crippen molar-refractivity contribution in [1.82, 2.24) is 0 Å². The van der Waals surface area contributed by atoms with Crippen LogP contribution in [0.25, 0.3) is 5.57 Å². The van der Waals surface area contributed by atoms with E-state index in [4.69, 9.17) is 9.31 Å². The van der Waals surface area contributed by atoms with Crippen molar-refractivity contribution in [2.75, 3.05) is 0 Å². The van der Waals surface area contributed by atoms with Gasteiger partial charge in [0.15, 0.2) is 0 Å². The minimum absolute atomic E-state index is 0.205. The van der Waals surface area contributed by atoms with Crippen molar-refractivity contribution in [3.05, 3.63) is 54.1 Å². The van der Waals surface area contributed by atoms with Gasteiger partial charge in [0.2, 0.25) is 0 Å². The molecule has 0 spiro atoms. The molecule has 1 aliphatic carbocycles. The van der Waals surface area contributed by atoms with Gasteiger partial charge in [0.05, 0.1) is 11.2 Å². The van der Waals surface area contributed by atoms with Gasteiger partial charge in [-0.1, -0.05) is 48.6 Å². The van der Waals surface area contributed by atoms with Crippen molar-refractivity contribution in [2.45, 2.75) is 50.4 Å². The molecule has 4 heteroatoms. The summed E-state index contributed by atoms with van der Waals surface area (Å²) >= 11 is 0. The van der Waals surface area contributed by atoms with Crippen LogP contribution in [0.3, 0.4) is 0 Å². The highest BCUT2D eigenvalue weighted by Crippen LogP contribution is 2.45. The summed E-state index contributed by atoms with van der Waals surface area (Å²) in [5.41, 5.74) is 1.92. The highest BCUT2D eigenvalue weighted by molar-refractivity contribution is 7.24. The minimum atomic E-state index is -0.293. The Labute approximate surface area is 136 Å². The second-order valence-corrected chi connectivity index (χ2v) is 8.34. The van der Waals surface area contributed by atoms with Crippen LogP contribution in [0.1, 0.15) is 39.7 Å². The molecule has 0 aromatic heterocycles. The summed E-state index contributed by atoms with van der Waals surface area (Å²) in [4.78, 5) is 0. The van der Waals surface area contributed by atoms with Crippen LogP contribution in [0.15, 0.2) is 48.6 Å². The van der Waals surface area contributed by atoms with Crippen molar-refractivity contribution < 1.29 is 9.31 Å². The van der Waals surface area contributed by atoms with Gasteiger partial charge in [-0.2, -0.15) is 0 Å². The maximum atomic E-state index is 6.22. The summed E-state index contributed by atoms with van der Waals surface area (Å²) in [7, 11) is 2.69. The third kappa shape index (κ3) is 2.71. The lowest BCUT2D eigenvalue weighted by Gasteiger charge is -2.32. The molecule has 2 nitrogen and oxygen atoms in total. The van der Waals surface area contributed by atoms with Crippen LogP contribution in [0.5, 0.6) is 0 Å². The number of hydrogen-bond acceptors (Lipinski definition) is 2. The fourth-order valence-electron chi connectivity index (χ4n) is 2.75.